The number of halogens is 3. The van der Waals surface area contributed by atoms with Crippen molar-refractivity contribution in [3.05, 3.63) is 11.4 Å². The van der Waals surface area contributed by atoms with Gasteiger partial charge in [0.2, 0.25) is 5.91 Å². The standard InChI is InChI=1S/C15H21F3N4O/c1-22-12-10(5-4-6-11(12)20-21-22)13(23)19-9-14(15(16,17)18)7-2-3-8-14/h10H,2-9H2,1H3,(H,19,23). The second kappa shape index (κ2) is 5.79. The van der Waals surface area contributed by atoms with E-state index in [0.717, 1.165) is 24.2 Å². The second-order valence-corrected chi connectivity index (χ2v) is 6.69. The maximum atomic E-state index is 13.4. The van der Waals surface area contributed by atoms with Crippen molar-refractivity contribution < 1.29 is 18.0 Å². The van der Waals surface area contributed by atoms with Crippen molar-refractivity contribution in [3.63, 3.8) is 0 Å². The van der Waals surface area contributed by atoms with E-state index in [4.69, 9.17) is 0 Å². The van der Waals surface area contributed by atoms with Crippen LogP contribution in [0.5, 0.6) is 0 Å². The molecule has 128 valence electrons. The molecule has 0 aliphatic heterocycles. The molecule has 0 aromatic carbocycles. The van der Waals surface area contributed by atoms with Crippen LogP contribution in [0, 0.1) is 5.41 Å². The average molecular weight is 330 g/mol. The highest BCUT2D eigenvalue weighted by Gasteiger charge is 2.55. The molecule has 0 saturated heterocycles. The number of amides is 1. The molecule has 2 aliphatic rings. The van der Waals surface area contributed by atoms with Crippen molar-refractivity contribution in [2.75, 3.05) is 6.54 Å². The van der Waals surface area contributed by atoms with E-state index < -0.39 is 17.5 Å². The number of rotatable bonds is 3. The van der Waals surface area contributed by atoms with E-state index in [0.29, 0.717) is 19.3 Å². The Balaban J connectivity index is 1.72. The molecule has 23 heavy (non-hydrogen) atoms. The number of hydrogen-bond donors (Lipinski definition) is 1. The van der Waals surface area contributed by atoms with Gasteiger partial charge in [-0.3, -0.25) is 9.48 Å². The van der Waals surface area contributed by atoms with Crippen molar-refractivity contribution in [1.29, 1.82) is 0 Å². The molecule has 1 heterocycles. The van der Waals surface area contributed by atoms with Gasteiger partial charge in [-0.2, -0.15) is 13.2 Å². The Hall–Kier alpha value is -1.60. The fourth-order valence-electron chi connectivity index (χ4n) is 3.87. The second-order valence-electron chi connectivity index (χ2n) is 6.69. The first-order chi connectivity index (χ1) is 10.8. The summed E-state index contributed by atoms with van der Waals surface area (Å²) in [4.78, 5) is 12.5. The monoisotopic (exact) mass is 330 g/mol. The lowest BCUT2D eigenvalue weighted by molar-refractivity contribution is -0.220. The van der Waals surface area contributed by atoms with Gasteiger partial charge >= 0.3 is 6.18 Å². The third kappa shape index (κ3) is 2.83. The maximum absolute atomic E-state index is 13.4. The number of carbonyl (C=O) groups is 1. The predicted octanol–water partition coefficient (Wildman–Crippen LogP) is 2.47. The van der Waals surface area contributed by atoms with Crippen LogP contribution in [0.2, 0.25) is 0 Å². The summed E-state index contributed by atoms with van der Waals surface area (Å²) in [5, 5.41) is 10.5. The molecule has 1 N–H and O–H groups in total. The molecule has 2 aliphatic carbocycles. The van der Waals surface area contributed by atoms with Gasteiger partial charge in [0.15, 0.2) is 0 Å². The number of alkyl halides is 3. The minimum Gasteiger partial charge on any atom is -0.355 e. The first-order valence-electron chi connectivity index (χ1n) is 8.07. The SMILES string of the molecule is Cn1nnc2c1C(C(=O)NCC1(C(F)(F)F)CCCC1)CCC2. The average Bonchev–Trinajstić information content (AvgIpc) is 3.12. The van der Waals surface area contributed by atoms with Crippen molar-refractivity contribution in [2.45, 2.75) is 57.0 Å². The van der Waals surface area contributed by atoms with Crippen LogP contribution in [0.3, 0.4) is 0 Å². The van der Waals surface area contributed by atoms with E-state index in [1.807, 2.05) is 0 Å². The molecular weight excluding hydrogens is 309 g/mol. The van der Waals surface area contributed by atoms with E-state index in [9.17, 15) is 18.0 Å². The Morgan fingerprint density at radius 2 is 2.04 bits per heavy atom. The number of hydrogen-bond acceptors (Lipinski definition) is 3. The lowest BCUT2D eigenvalue weighted by atomic mass is 9.84. The normalized spacial score (nSPS) is 23.6. The van der Waals surface area contributed by atoms with Crippen LogP contribution in [0.4, 0.5) is 13.2 Å². The molecule has 1 amide bonds. The fourth-order valence-corrected chi connectivity index (χ4v) is 3.87. The van der Waals surface area contributed by atoms with Crippen molar-refractivity contribution >= 4 is 5.91 Å². The van der Waals surface area contributed by atoms with E-state index in [1.54, 1.807) is 11.7 Å². The van der Waals surface area contributed by atoms with Crippen LogP contribution < -0.4 is 5.32 Å². The summed E-state index contributed by atoms with van der Waals surface area (Å²) in [5.41, 5.74) is -0.239. The van der Waals surface area contributed by atoms with E-state index in [1.165, 1.54) is 0 Å². The lowest BCUT2D eigenvalue weighted by Crippen LogP contribution is -2.47. The minimum atomic E-state index is -4.28. The van der Waals surface area contributed by atoms with E-state index in [2.05, 4.69) is 15.6 Å². The number of fused-ring (bicyclic) bond motifs is 1. The molecule has 5 nitrogen and oxygen atoms in total. The van der Waals surface area contributed by atoms with Crippen LogP contribution in [0.15, 0.2) is 0 Å². The van der Waals surface area contributed by atoms with Crippen LogP contribution in [0.25, 0.3) is 0 Å². The molecule has 1 unspecified atom stereocenters. The largest absolute Gasteiger partial charge is 0.396 e. The van der Waals surface area contributed by atoms with Gasteiger partial charge in [-0.05, 0) is 32.1 Å². The fraction of sp³-hybridized carbons (Fsp3) is 0.800. The number of aryl methyl sites for hydroxylation is 2. The van der Waals surface area contributed by atoms with Crippen LogP contribution in [0.1, 0.15) is 55.8 Å². The smallest absolute Gasteiger partial charge is 0.355 e. The first-order valence-corrected chi connectivity index (χ1v) is 8.07. The third-order valence-electron chi connectivity index (χ3n) is 5.26. The summed E-state index contributed by atoms with van der Waals surface area (Å²) in [5.74, 6) is -0.794. The molecule has 3 rings (SSSR count). The Labute approximate surface area is 132 Å². The summed E-state index contributed by atoms with van der Waals surface area (Å²) in [6, 6.07) is 0. The Morgan fingerprint density at radius 3 is 2.70 bits per heavy atom. The van der Waals surface area contributed by atoms with Crippen molar-refractivity contribution in [3.8, 4) is 0 Å². The Morgan fingerprint density at radius 1 is 1.35 bits per heavy atom. The zero-order valence-electron chi connectivity index (χ0n) is 13.1. The molecule has 8 heteroatoms. The number of aromatic nitrogens is 3. The highest BCUT2D eigenvalue weighted by molar-refractivity contribution is 5.83. The van der Waals surface area contributed by atoms with Gasteiger partial charge in [0.25, 0.3) is 0 Å². The number of nitrogens with zero attached hydrogens (tertiary/aromatic N) is 3. The summed E-state index contributed by atoms with van der Waals surface area (Å²) in [6.07, 6.45) is -0.765. The third-order valence-corrected chi connectivity index (χ3v) is 5.26. The number of nitrogens with one attached hydrogen (secondary N) is 1. The van der Waals surface area contributed by atoms with E-state index in [-0.39, 0.29) is 25.3 Å². The number of carbonyl (C=O) groups excluding carboxylic acids is 1. The summed E-state index contributed by atoms with van der Waals surface area (Å²) >= 11 is 0. The molecule has 1 atom stereocenters. The Kier molecular flexibility index (Phi) is 4.10. The Bertz CT molecular complexity index is 590. The molecular formula is C15H21F3N4O. The van der Waals surface area contributed by atoms with Crippen LogP contribution in [-0.4, -0.2) is 33.6 Å². The van der Waals surface area contributed by atoms with Gasteiger partial charge in [-0.25, -0.2) is 0 Å². The van der Waals surface area contributed by atoms with Gasteiger partial charge < -0.3 is 5.32 Å². The first kappa shape index (κ1) is 16.3. The zero-order valence-corrected chi connectivity index (χ0v) is 13.1. The van der Waals surface area contributed by atoms with Gasteiger partial charge in [0.1, 0.15) is 0 Å². The van der Waals surface area contributed by atoms with Gasteiger partial charge in [0.05, 0.1) is 22.7 Å². The molecule has 0 radical (unpaired) electrons. The predicted molar refractivity (Wildman–Crippen MR) is 76.6 cm³/mol. The van der Waals surface area contributed by atoms with Gasteiger partial charge in [-0.15, -0.1) is 5.10 Å². The maximum Gasteiger partial charge on any atom is 0.396 e. The van der Waals surface area contributed by atoms with Gasteiger partial charge in [0, 0.05) is 13.6 Å². The highest BCUT2D eigenvalue weighted by Crippen LogP contribution is 2.50. The molecule has 1 aromatic rings. The highest BCUT2D eigenvalue weighted by atomic mass is 19.4. The van der Waals surface area contributed by atoms with E-state index >= 15 is 0 Å². The van der Waals surface area contributed by atoms with Crippen molar-refractivity contribution in [1.82, 2.24) is 20.3 Å². The topological polar surface area (TPSA) is 59.8 Å². The van der Waals surface area contributed by atoms with Gasteiger partial charge in [-0.1, -0.05) is 18.1 Å². The zero-order chi connectivity index (χ0) is 16.7. The summed E-state index contributed by atoms with van der Waals surface area (Å²) in [7, 11) is 1.71. The molecule has 1 saturated carbocycles. The molecule has 0 spiro atoms. The van der Waals surface area contributed by atoms with Crippen LogP contribution >= 0.6 is 0 Å². The lowest BCUT2D eigenvalue weighted by Gasteiger charge is -2.32. The quantitative estimate of drug-likeness (QED) is 0.926. The van der Waals surface area contributed by atoms with Crippen molar-refractivity contribution in [2.24, 2.45) is 12.5 Å². The summed E-state index contributed by atoms with van der Waals surface area (Å²) in [6.45, 7) is -0.327. The molecule has 0 bridgehead atoms. The van der Waals surface area contributed by atoms with Crippen LogP contribution in [-0.2, 0) is 18.3 Å². The summed E-state index contributed by atoms with van der Waals surface area (Å²) < 4.78 is 41.7. The molecule has 1 fully saturated rings. The minimum absolute atomic E-state index is 0.0972. The molecule has 1 aromatic heterocycles.